The van der Waals surface area contributed by atoms with Crippen molar-refractivity contribution in [3.05, 3.63) is 29.8 Å². The van der Waals surface area contributed by atoms with Crippen LogP contribution in [0.5, 0.6) is 0 Å². The number of hydrogen-bond acceptors (Lipinski definition) is 4. The van der Waals surface area contributed by atoms with E-state index in [1.807, 2.05) is 23.1 Å². The van der Waals surface area contributed by atoms with E-state index < -0.39 is 0 Å². The summed E-state index contributed by atoms with van der Waals surface area (Å²) < 4.78 is 5.54. The highest BCUT2D eigenvalue weighted by atomic mass is 16.5. The molecule has 0 aliphatic carbocycles. The maximum Gasteiger partial charge on any atom is 0.246 e. The van der Waals surface area contributed by atoms with Gasteiger partial charge in [0.25, 0.3) is 0 Å². The topological polar surface area (TPSA) is 69.2 Å². The Balaban J connectivity index is 1.53. The van der Waals surface area contributed by atoms with Crippen molar-refractivity contribution in [2.75, 3.05) is 57.9 Å². The molecular weight excluding hydrogens is 378 g/mol. The van der Waals surface area contributed by atoms with Gasteiger partial charge in [-0.15, -0.1) is 0 Å². The summed E-state index contributed by atoms with van der Waals surface area (Å²) in [5, 5.41) is 6.68. The molecule has 0 spiro atoms. The van der Waals surface area contributed by atoms with Gasteiger partial charge in [0.05, 0.1) is 19.8 Å². The molecule has 2 aliphatic heterocycles. The third-order valence-corrected chi connectivity index (χ3v) is 6.41. The maximum absolute atomic E-state index is 12.8. The number of aliphatic imine (C=N–C) groups is 1. The Morgan fingerprint density at radius 1 is 1.13 bits per heavy atom. The minimum atomic E-state index is 0.0765. The fraction of sp³-hybridized carbons (Fsp3) is 0.652. The van der Waals surface area contributed by atoms with Crippen molar-refractivity contribution in [1.82, 2.24) is 15.5 Å². The molecule has 1 amide bonds. The maximum atomic E-state index is 12.8. The van der Waals surface area contributed by atoms with Gasteiger partial charge in [-0.05, 0) is 24.0 Å². The molecule has 166 valence electrons. The Morgan fingerprint density at radius 3 is 2.57 bits per heavy atom. The van der Waals surface area contributed by atoms with E-state index >= 15 is 0 Å². The summed E-state index contributed by atoms with van der Waals surface area (Å²) in [5.41, 5.74) is 2.28. The number of anilines is 1. The molecule has 0 aromatic heterocycles. The zero-order chi connectivity index (χ0) is 21.3. The fourth-order valence-corrected chi connectivity index (χ4v) is 4.61. The van der Waals surface area contributed by atoms with Crippen molar-refractivity contribution in [2.45, 2.75) is 39.2 Å². The molecule has 1 saturated heterocycles. The van der Waals surface area contributed by atoms with E-state index in [0.29, 0.717) is 17.9 Å². The molecule has 0 saturated carbocycles. The lowest BCUT2D eigenvalue weighted by atomic mass is 9.92. The van der Waals surface area contributed by atoms with Gasteiger partial charge >= 0.3 is 0 Å². The zero-order valence-corrected chi connectivity index (χ0v) is 18.7. The third kappa shape index (κ3) is 5.52. The van der Waals surface area contributed by atoms with Crippen LogP contribution < -0.4 is 15.5 Å². The molecule has 1 atom stereocenters. The minimum Gasteiger partial charge on any atom is -0.379 e. The van der Waals surface area contributed by atoms with Crippen LogP contribution in [0.15, 0.2) is 29.3 Å². The summed E-state index contributed by atoms with van der Waals surface area (Å²) in [5.74, 6) is 1.38. The van der Waals surface area contributed by atoms with E-state index in [9.17, 15) is 4.79 Å². The summed E-state index contributed by atoms with van der Waals surface area (Å²) >= 11 is 0. The van der Waals surface area contributed by atoms with E-state index in [0.717, 1.165) is 64.3 Å². The normalized spacial score (nSPS) is 18.4. The van der Waals surface area contributed by atoms with Crippen LogP contribution in [-0.2, 0) is 16.0 Å². The van der Waals surface area contributed by atoms with Crippen molar-refractivity contribution in [3.8, 4) is 0 Å². The van der Waals surface area contributed by atoms with Gasteiger partial charge in [0.15, 0.2) is 5.96 Å². The predicted molar refractivity (Wildman–Crippen MR) is 122 cm³/mol. The monoisotopic (exact) mass is 415 g/mol. The van der Waals surface area contributed by atoms with Gasteiger partial charge in [0.1, 0.15) is 0 Å². The molecule has 7 heteroatoms. The second-order valence-electron chi connectivity index (χ2n) is 8.02. The smallest absolute Gasteiger partial charge is 0.246 e. The number of rotatable bonds is 8. The molecular formula is C23H37N5O2. The van der Waals surface area contributed by atoms with E-state index in [1.54, 1.807) is 7.05 Å². The number of morpholine rings is 1. The van der Waals surface area contributed by atoms with Crippen molar-refractivity contribution >= 4 is 17.6 Å². The van der Waals surface area contributed by atoms with E-state index in [2.05, 4.69) is 40.4 Å². The van der Waals surface area contributed by atoms with Gasteiger partial charge in [-0.2, -0.15) is 0 Å². The molecule has 2 N–H and O–H groups in total. The summed E-state index contributed by atoms with van der Waals surface area (Å²) in [6, 6.07) is 8.57. The van der Waals surface area contributed by atoms with Crippen LogP contribution in [-0.4, -0.2) is 75.8 Å². The number of hydrogen-bond donors (Lipinski definition) is 2. The highest BCUT2D eigenvalue weighted by molar-refractivity contribution is 5.98. The largest absolute Gasteiger partial charge is 0.379 e. The van der Waals surface area contributed by atoms with Crippen LogP contribution in [0.25, 0.3) is 0 Å². The quantitative estimate of drug-likeness (QED) is 0.501. The number of carbonyl (C=O) groups is 1. The molecule has 0 bridgehead atoms. The van der Waals surface area contributed by atoms with Gasteiger partial charge in [-0.1, -0.05) is 44.9 Å². The first kappa shape index (κ1) is 22.6. The van der Waals surface area contributed by atoms with Gasteiger partial charge in [-0.25, -0.2) is 0 Å². The lowest BCUT2D eigenvalue weighted by molar-refractivity contribution is -0.117. The van der Waals surface area contributed by atoms with Crippen LogP contribution in [0.3, 0.4) is 0 Å². The Bertz CT molecular complexity index is 713. The predicted octanol–water partition coefficient (Wildman–Crippen LogP) is 1.88. The van der Waals surface area contributed by atoms with Crippen LogP contribution in [0.1, 0.15) is 32.3 Å². The van der Waals surface area contributed by atoms with Gasteiger partial charge in [0, 0.05) is 45.0 Å². The first-order chi connectivity index (χ1) is 14.7. The lowest BCUT2D eigenvalue weighted by Crippen LogP contribution is -2.54. The van der Waals surface area contributed by atoms with Crippen molar-refractivity contribution in [2.24, 2.45) is 10.9 Å². The van der Waals surface area contributed by atoms with Gasteiger partial charge in [0.2, 0.25) is 5.91 Å². The van der Waals surface area contributed by atoms with Crippen LogP contribution in [0, 0.1) is 5.92 Å². The molecule has 30 heavy (non-hydrogen) atoms. The number of ether oxygens (including phenoxy) is 1. The average Bonchev–Trinajstić information content (AvgIpc) is 3.23. The molecule has 2 heterocycles. The summed E-state index contributed by atoms with van der Waals surface area (Å²) in [7, 11) is 1.76. The van der Waals surface area contributed by atoms with Crippen LogP contribution in [0.4, 0.5) is 5.69 Å². The number of guanidine groups is 1. The fourth-order valence-electron chi connectivity index (χ4n) is 4.61. The first-order valence-corrected chi connectivity index (χ1v) is 11.3. The van der Waals surface area contributed by atoms with E-state index in [-0.39, 0.29) is 12.5 Å². The minimum absolute atomic E-state index is 0.0765. The molecule has 1 unspecified atom stereocenters. The van der Waals surface area contributed by atoms with Crippen molar-refractivity contribution in [1.29, 1.82) is 0 Å². The highest BCUT2D eigenvalue weighted by Crippen LogP contribution is 2.27. The number of benzene rings is 1. The molecule has 1 aromatic rings. The van der Waals surface area contributed by atoms with Crippen molar-refractivity contribution in [3.63, 3.8) is 0 Å². The number of amides is 1. The zero-order valence-electron chi connectivity index (χ0n) is 18.7. The van der Waals surface area contributed by atoms with Crippen molar-refractivity contribution < 1.29 is 9.53 Å². The Morgan fingerprint density at radius 2 is 1.87 bits per heavy atom. The van der Waals surface area contributed by atoms with Gasteiger partial charge in [-0.3, -0.25) is 14.7 Å². The number of fused-ring (bicyclic) bond motifs is 1. The summed E-state index contributed by atoms with van der Waals surface area (Å²) in [6.45, 7) is 9.88. The number of carbonyl (C=O) groups excluding carboxylic acids is 1. The Kier molecular flexibility index (Phi) is 8.51. The molecule has 1 fully saturated rings. The average molecular weight is 416 g/mol. The molecule has 3 rings (SSSR count). The molecule has 0 radical (unpaired) electrons. The van der Waals surface area contributed by atoms with E-state index in [1.165, 1.54) is 5.56 Å². The van der Waals surface area contributed by atoms with E-state index in [4.69, 9.17) is 4.74 Å². The lowest BCUT2D eigenvalue weighted by Gasteiger charge is -2.39. The summed E-state index contributed by atoms with van der Waals surface area (Å²) in [6.07, 6.45) is 3.23. The molecule has 7 nitrogen and oxygen atoms in total. The second kappa shape index (κ2) is 11.3. The number of nitrogens with one attached hydrogen (secondary N) is 2. The highest BCUT2D eigenvalue weighted by Gasteiger charge is 2.27. The Labute approximate surface area is 180 Å². The Hall–Kier alpha value is -2.12. The van der Waals surface area contributed by atoms with Crippen LogP contribution >= 0.6 is 0 Å². The van der Waals surface area contributed by atoms with Gasteiger partial charge < -0.3 is 20.3 Å². The second-order valence-corrected chi connectivity index (χ2v) is 8.02. The van der Waals surface area contributed by atoms with Crippen LogP contribution in [0.2, 0.25) is 0 Å². The summed E-state index contributed by atoms with van der Waals surface area (Å²) in [4.78, 5) is 21.5. The SMILES string of the molecule is CCC(CC)C(CNC(=NC)NCC(=O)N1CCc2ccccc21)N1CCOCC1. The third-order valence-electron chi connectivity index (χ3n) is 6.41. The standard InChI is InChI=1S/C23H37N5O2/c1-4-18(5-2)21(27-12-14-30-15-13-27)16-25-23(24-3)26-17-22(29)28-11-10-19-8-6-7-9-20(19)28/h6-9,18,21H,4-5,10-17H2,1-3H3,(H2,24,25,26). The molecule has 1 aromatic carbocycles. The first-order valence-electron chi connectivity index (χ1n) is 11.3. The molecule has 2 aliphatic rings. The number of nitrogens with zero attached hydrogens (tertiary/aromatic N) is 3. The number of para-hydroxylation sites is 1.